The fourth-order valence-corrected chi connectivity index (χ4v) is 1.87. The SMILES string of the molecule is C=CCC(C(=O)OCC)(C(=O)OCC)C(C)C#CC. The van der Waals surface area contributed by atoms with Gasteiger partial charge in [-0.1, -0.05) is 12.0 Å². The average molecular weight is 266 g/mol. The number of allylic oxidation sites excluding steroid dienone is 1. The van der Waals surface area contributed by atoms with E-state index in [4.69, 9.17) is 9.47 Å². The van der Waals surface area contributed by atoms with Gasteiger partial charge in [-0.05, 0) is 34.1 Å². The number of carbonyl (C=O) groups is 2. The van der Waals surface area contributed by atoms with Crippen LogP contribution >= 0.6 is 0 Å². The number of hydrogen-bond acceptors (Lipinski definition) is 4. The number of ether oxygens (including phenoxy) is 2. The first-order valence-electron chi connectivity index (χ1n) is 6.38. The predicted molar refractivity (Wildman–Crippen MR) is 73.1 cm³/mol. The van der Waals surface area contributed by atoms with Gasteiger partial charge in [-0.3, -0.25) is 9.59 Å². The smallest absolute Gasteiger partial charge is 0.325 e. The van der Waals surface area contributed by atoms with Crippen molar-refractivity contribution in [1.82, 2.24) is 0 Å². The van der Waals surface area contributed by atoms with Gasteiger partial charge in [-0.2, -0.15) is 0 Å². The average Bonchev–Trinajstić information content (AvgIpc) is 2.36. The van der Waals surface area contributed by atoms with E-state index in [2.05, 4.69) is 18.4 Å². The Hall–Kier alpha value is -1.76. The van der Waals surface area contributed by atoms with Crippen molar-refractivity contribution in [1.29, 1.82) is 0 Å². The van der Waals surface area contributed by atoms with Gasteiger partial charge >= 0.3 is 11.9 Å². The minimum atomic E-state index is -1.43. The van der Waals surface area contributed by atoms with Gasteiger partial charge in [-0.15, -0.1) is 12.5 Å². The Balaban J connectivity index is 5.68. The van der Waals surface area contributed by atoms with Crippen molar-refractivity contribution >= 4 is 11.9 Å². The molecular weight excluding hydrogens is 244 g/mol. The number of carbonyl (C=O) groups excluding carboxylic acids is 2. The molecule has 0 heterocycles. The molecule has 0 radical (unpaired) electrons. The standard InChI is InChI=1S/C15H22O4/c1-6-10-12(5)15(11-7-2,13(16)18-8-3)14(17)19-9-4/h7,12H,2,8-9,11H2,1,3-5H3. The molecule has 0 aromatic heterocycles. The summed E-state index contributed by atoms with van der Waals surface area (Å²) in [4.78, 5) is 24.5. The topological polar surface area (TPSA) is 52.6 Å². The molecule has 0 rings (SSSR count). The zero-order valence-electron chi connectivity index (χ0n) is 12.1. The third-order valence-electron chi connectivity index (χ3n) is 2.85. The maximum atomic E-state index is 12.2. The molecule has 1 atom stereocenters. The third kappa shape index (κ3) is 3.85. The molecule has 0 aliphatic heterocycles. The summed E-state index contributed by atoms with van der Waals surface area (Å²) < 4.78 is 10.1. The van der Waals surface area contributed by atoms with Crippen LogP contribution in [0.5, 0.6) is 0 Å². The largest absolute Gasteiger partial charge is 0.465 e. The van der Waals surface area contributed by atoms with E-state index in [9.17, 15) is 9.59 Å². The lowest BCUT2D eigenvalue weighted by atomic mass is 9.73. The highest BCUT2D eigenvalue weighted by molar-refractivity contribution is 6.01. The Morgan fingerprint density at radius 2 is 1.74 bits per heavy atom. The van der Waals surface area contributed by atoms with Crippen molar-refractivity contribution in [3.63, 3.8) is 0 Å². The van der Waals surface area contributed by atoms with Crippen LogP contribution in [0.2, 0.25) is 0 Å². The minimum Gasteiger partial charge on any atom is -0.465 e. The molecule has 0 aromatic rings. The summed E-state index contributed by atoms with van der Waals surface area (Å²) >= 11 is 0. The third-order valence-corrected chi connectivity index (χ3v) is 2.85. The highest BCUT2D eigenvalue weighted by Crippen LogP contribution is 2.35. The monoisotopic (exact) mass is 266 g/mol. The summed E-state index contributed by atoms with van der Waals surface area (Å²) in [5.41, 5.74) is -1.43. The Bertz CT molecular complexity index is 369. The molecule has 4 heteroatoms. The van der Waals surface area contributed by atoms with Crippen LogP contribution in [0.25, 0.3) is 0 Å². The van der Waals surface area contributed by atoms with Crippen LogP contribution in [0, 0.1) is 23.2 Å². The molecule has 0 saturated heterocycles. The van der Waals surface area contributed by atoms with Gasteiger partial charge in [0.05, 0.1) is 13.2 Å². The molecule has 0 spiro atoms. The molecule has 19 heavy (non-hydrogen) atoms. The maximum Gasteiger partial charge on any atom is 0.325 e. The van der Waals surface area contributed by atoms with Crippen molar-refractivity contribution in [3.8, 4) is 11.8 Å². The highest BCUT2D eigenvalue weighted by Gasteiger charge is 2.52. The lowest BCUT2D eigenvalue weighted by molar-refractivity contribution is -0.174. The predicted octanol–water partition coefficient (Wildman–Crippen LogP) is 2.33. The van der Waals surface area contributed by atoms with E-state index in [-0.39, 0.29) is 19.6 Å². The van der Waals surface area contributed by atoms with Crippen LogP contribution in [0.4, 0.5) is 0 Å². The molecule has 0 N–H and O–H groups in total. The summed E-state index contributed by atoms with van der Waals surface area (Å²) in [5.74, 6) is 3.85. The Morgan fingerprint density at radius 1 is 1.26 bits per heavy atom. The molecule has 0 bridgehead atoms. The maximum absolute atomic E-state index is 12.2. The molecule has 0 saturated carbocycles. The fraction of sp³-hybridized carbons (Fsp3) is 0.600. The van der Waals surface area contributed by atoms with E-state index in [1.54, 1.807) is 27.7 Å². The van der Waals surface area contributed by atoms with Crippen molar-refractivity contribution in [2.75, 3.05) is 13.2 Å². The Labute approximate surface area is 115 Å². The first-order valence-corrected chi connectivity index (χ1v) is 6.38. The second-order valence-electron chi connectivity index (χ2n) is 4.02. The van der Waals surface area contributed by atoms with Crippen molar-refractivity contribution in [2.24, 2.45) is 11.3 Å². The van der Waals surface area contributed by atoms with Crippen molar-refractivity contribution in [3.05, 3.63) is 12.7 Å². The summed E-state index contributed by atoms with van der Waals surface area (Å²) in [6, 6.07) is 0. The van der Waals surface area contributed by atoms with Crippen molar-refractivity contribution in [2.45, 2.75) is 34.1 Å². The van der Waals surface area contributed by atoms with E-state index >= 15 is 0 Å². The summed E-state index contributed by atoms with van der Waals surface area (Å²) in [5, 5.41) is 0. The number of esters is 2. The lowest BCUT2D eigenvalue weighted by Gasteiger charge is -2.30. The molecule has 0 amide bonds. The molecule has 4 nitrogen and oxygen atoms in total. The Kier molecular flexibility index (Phi) is 7.59. The first kappa shape index (κ1) is 17.2. The van der Waals surface area contributed by atoms with Crippen molar-refractivity contribution < 1.29 is 19.1 Å². The Morgan fingerprint density at radius 3 is 2.05 bits per heavy atom. The fourth-order valence-electron chi connectivity index (χ4n) is 1.87. The van der Waals surface area contributed by atoms with Crippen LogP contribution in [0.1, 0.15) is 34.1 Å². The van der Waals surface area contributed by atoms with Crippen LogP contribution in [-0.4, -0.2) is 25.2 Å². The van der Waals surface area contributed by atoms with Gasteiger partial charge in [0, 0.05) is 5.92 Å². The second-order valence-corrected chi connectivity index (χ2v) is 4.02. The van der Waals surface area contributed by atoms with E-state index < -0.39 is 23.3 Å². The zero-order valence-corrected chi connectivity index (χ0v) is 12.1. The summed E-state index contributed by atoms with van der Waals surface area (Å²) in [7, 11) is 0. The van der Waals surface area contributed by atoms with Gasteiger partial charge in [0.2, 0.25) is 0 Å². The normalized spacial score (nSPS) is 11.8. The summed E-state index contributed by atoms with van der Waals surface area (Å²) in [6.45, 7) is 10.8. The molecule has 0 aromatic carbocycles. The minimum absolute atomic E-state index is 0.139. The molecule has 1 unspecified atom stereocenters. The van der Waals surface area contributed by atoms with E-state index in [0.717, 1.165) is 0 Å². The van der Waals surface area contributed by atoms with Crippen LogP contribution in [-0.2, 0) is 19.1 Å². The van der Waals surface area contributed by atoms with Crippen LogP contribution < -0.4 is 0 Å². The number of rotatable bonds is 7. The van der Waals surface area contributed by atoms with Gasteiger partial charge in [0.15, 0.2) is 5.41 Å². The van der Waals surface area contributed by atoms with E-state index in [1.165, 1.54) is 6.08 Å². The van der Waals surface area contributed by atoms with Gasteiger partial charge < -0.3 is 9.47 Å². The van der Waals surface area contributed by atoms with E-state index in [1.807, 2.05) is 0 Å². The van der Waals surface area contributed by atoms with Crippen LogP contribution in [0.15, 0.2) is 12.7 Å². The van der Waals surface area contributed by atoms with Gasteiger partial charge in [-0.25, -0.2) is 0 Å². The zero-order chi connectivity index (χ0) is 14.9. The lowest BCUT2D eigenvalue weighted by Crippen LogP contribution is -2.46. The molecular formula is C15H22O4. The van der Waals surface area contributed by atoms with Gasteiger partial charge in [0.25, 0.3) is 0 Å². The van der Waals surface area contributed by atoms with E-state index in [0.29, 0.717) is 0 Å². The second kappa shape index (κ2) is 8.36. The van der Waals surface area contributed by atoms with Crippen LogP contribution in [0.3, 0.4) is 0 Å². The molecule has 0 fully saturated rings. The molecule has 106 valence electrons. The summed E-state index contributed by atoms with van der Waals surface area (Å²) in [6.07, 6.45) is 1.65. The quantitative estimate of drug-likeness (QED) is 0.307. The highest BCUT2D eigenvalue weighted by atomic mass is 16.6. The molecule has 0 aliphatic rings. The van der Waals surface area contributed by atoms with Gasteiger partial charge in [0.1, 0.15) is 0 Å². The number of hydrogen-bond donors (Lipinski definition) is 0. The first-order chi connectivity index (χ1) is 9.00. The molecule has 0 aliphatic carbocycles.